The molecule has 0 saturated carbocycles. The predicted octanol–water partition coefficient (Wildman–Crippen LogP) is -0.277. The number of amides is 2. The number of nitrogens with one attached hydrogen (secondary N) is 2. The fourth-order valence-corrected chi connectivity index (χ4v) is 2.82. The Balaban J connectivity index is 1.91. The lowest BCUT2D eigenvalue weighted by molar-refractivity contribution is -0.136. The number of rotatable bonds is 4. The van der Waals surface area contributed by atoms with Gasteiger partial charge in [0.15, 0.2) is 0 Å². The molecule has 5 nitrogen and oxygen atoms in total. The molecule has 0 aliphatic carbocycles. The summed E-state index contributed by atoms with van der Waals surface area (Å²) in [6.45, 7) is 2.32. The molecule has 0 spiro atoms. The minimum atomic E-state index is 0.0389. The van der Waals surface area contributed by atoms with Crippen LogP contribution in [0.25, 0.3) is 0 Å². The van der Waals surface area contributed by atoms with Gasteiger partial charge in [-0.05, 0) is 32.9 Å². The highest BCUT2D eigenvalue weighted by molar-refractivity contribution is 5.84. The van der Waals surface area contributed by atoms with Gasteiger partial charge in [0.2, 0.25) is 11.8 Å². The molecular formula is C12H21N3O2. The molecule has 0 radical (unpaired) electrons. The Morgan fingerprint density at radius 1 is 1.59 bits per heavy atom. The molecule has 2 rings (SSSR count). The molecule has 2 unspecified atom stereocenters. The van der Waals surface area contributed by atoms with Gasteiger partial charge in [0.05, 0.1) is 12.0 Å². The van der Waals surface area contributed by atoms with E-state index < -0.39 is 0 Å². The van der Waals surface area contributed by atoms with E-state index in [-0.39, 0.29) is 23.8 Å². The summed E-state index contributed by atoms with van der Waals surface area (Å²) in [5, 5.41) is 5.91. The molecule has 0 aromatic heterocycles. The number of piperidine rings is 1. The highest BCUT2D eigenvalue weighted by Gasteiger charge is 2.42. The number of likely N-dealkylation sites (tertiary alicyclic amines) is 1. The average molecular weight is 239 g/mol. The number of hydrogen-bond donors (Lipinski definition) is 2. The molecule has 2 saturated heterocycles. The van der Waals surface area contributed by atoms with Crippen LogP contribution in [0.3, 0.4) is 0 Å². The van der Waals surface area contributed by atoms with E-state index in [0.29, 0.717) is 13.0 Å². The molecule has 0 aromatic carbocycles. The van der Waals surface area contributed by atoms with Gasteiger partial charge in [-0.2, -0.15) is 0 Å². The molecule has 2 N–H and O–H groups in total. The van der Waals surface area contributed by atoms with Crippen LogP contribution in [0.5, 0.6) is 0 Å². The van der Waals surface area contributed by atoms with E-state index in [0.717, 1.165) is 32.4 Å². The third-order valence-corrected chi connectivity index (χ3v) is 3.74. The Hall–Kier alpha value is -1.10. The molecule has 96 valence electrons. The second-order valence-electron chi connectivity index (χ2n) is 4.86. The average Bonchev–Trinajstić information content (AvgIpc) is 2.71. The van der Waals surface area contributed by atoms with E-state index in [4.69, 9.17) is 0 Å². The van der Waals surface area contributed by atoms with E-state index in [1.807, 2.05) is 11.9 Å². The van der Waals surface area contributed by atoms with Gasteiger partial charge in [-0.15, -0.1) is 0 Å². The summed E-state index contributed by atoms with van der Waals surface area (Å²) in [4.78, 5) is 25.6. The van der Waals surface area contributed by atoms with Crippen LogP contribution in [-0.4, -0.2) is 49.4 Å². The van der Waals surface area contributed by atoms with Crippen LogP contribution in [0.15, 0.2) is 0 Å². The maximum absolute atomic E-state index is 12.1. The van der Waals surface area contributed by atoms with Crippen molar-refractivity contribution in [2.75, 3.05) is 26.7 Å². The van der Waals surface area contributed by atoms with Gasteiger partial charge in [-0.3, -0.25) is 9.59 Å². The predicted molar refractivity (Wildman–Crippen MR) is 64.4 cm³/mol. The summed E-state index contributed by atoms with van der Waals surface area (Å²) < 4.78 is 0. The first-order valence-electron chi connectivity index (χ1n) is 6.46. The van der Waals surface area contributed by atoms with Crippen molar-refractivity contribution < 1.29 is 9.59 Å². The Bertz CT molecular complexity index is 306. The number of hydrogen-bond acceptors (Lipinski definition) is 3. The van der Waals surface area contributed by atoms with Gasteiger partial charge in [0, 0.05) is 19.5 Å². The third-order valence-electron chi connectivity index (χ3n) is 3.74. The second-order valence-corrected chi connectivity index (χ2v) is 4.86. The minimum Gasteiger partial charge on any atom is -0.354 e. The molecule has 2 aliphatic rings. The molecule has 2 atom stereocenters. The lowest BCUT2D eigenvalue weighted by atomic mass is 9.91. The number of nitrogens with zero attached hydrogens (tertiary/aromatic N) is 1. The van der Waals surface area contributed by atoms with Crippen molar-refractivity contribution in [2.24, 2.45) is 5.92 Å². The number of carbonyl (C=O) groups is 2. The smallest absolute Gasteiger partial charge is 0.225 e. The molecule has 2 amide bonds. The zero-order valence-corrected chi connectivity index (χ0v) is 10.4. The van der Waals surface area contributed by atoms with Crippen molar-refractivity contribution in [3.8, 4) is 0 Å². The van der Waals surface area contributed by atoms with Crippen LogP contribution in [0.1, 0.15) is 25.7 Å². The zero-order valence-electron chi connectivity index (χ0n) is 10.4. The van der Waals surface area contributed by atoms with E-state index in [1.165, 1.54) is 0 Å². The Morgan fingerprint density at radius 2 is 2.41 bits per heavy atom. The van der Waals surface area contributed by atoms with Crippen LogP contribution in [0.2, 0.25) is 0 Å². The van der Waals surface area contributed by atoms with Crippen molar-refractivity contribution in [1.82, 2.24) is 15.5 Å². The van der Waals surface area contributed by atoms with Crippen LogP contribution < -0.4 is 10.6 Å². The fraction of sp³-hybridized carbons (Fsp3) is 0.833. The van der Waals surface area contributed by atoms with Crippen molar-refractivity contribution in [1.29, 1.82) is 0 Å². The Morgan fingerprint density at radius 3 is 3.18 bits per heavy atom. The van der Waals surface area contributed by atoms with E-state index in [9.17, 15) is 9.59 Å². The fourth-order valence-electron chi connectivity index (χ4n) is 2.82. The van der Waals surface area contributed by atoms with Crippen molar-refractivity contribution in [3.63, 3.8) is 0 Å². The monoisotopic (exact) mass is 239 g/mol. The molecule has 0 aromatic rings. The SMILES string of the molecule is CNCCCC(=O)N1CCCC2C(=O)NCC21. The normalized spacial score (nSPS) is 27.8. The number of fused-ring (bicyclic) bond motifs is 1. The second kappa shape index (κ2) is 5.49. The summed E-state index contributed by atoms with van der Waals surface area (Å²) in [5.74, 6) is 0.367. The topological polar surface area (TPSA) is 61.4 Å². The van der Waals surface area contributed by atoms with Gasteiger partial charge >= 0.3 is 0 Å². The molecule has 2 heterocycles. The lowest BCUT2D eigenvalue weighted by Gasteiger charge is -2.36. The highest BCUT2D eigenvalue weighted by atomic mass is 16.2. The van der Waals surface area contributed by atoms with Crippen LogP contribution >= 0.6 is 0 Å². The Labute approximate surface area is 102 Å². The maximum atomic E-state index is 12.1. The maximum Gasteiger partial charge on any atom is 0.225 e. The highest BCUT2D eigenvalue weighted by Crippen LogP contribution is 2.27. The van der Waals surface area contributed by atoms with Crippen molar-refractivity contribution in [2.45, 2.75) is 31.7 Å². The summed E-state index contributed by atoms with van der Waals surface area (Å²) >= 11 is 0. The van der Waals surface area contributed by atoms with Crippen LogP contribution in [0, 0.1) is 5.92 Å². The molecule has 2 aliphatic heterocycles. The zero-order chi connectivity index (χ0) is 12.3. The van der Waals surface area contributed by atoms with Gasteiger partial charge in [-0.1, -0.05) is 0 Å². The molecule has 5 heteroatoms. The van der Waals surface area contributed by atoms with Crippen molar-refractivity contribution in [3.05, 3.63) is 0 Å². The van der Waals surface area contributed by atoms with E-state index in [1.54, 1.807) is 0 Å². The lowest BCUT2D eigenvalue weighted by Crippen LogP contribution is -2.48. The standard InChI is InChI=1S/C12H21N3O2/c1-13-6-2-5-11(16)15-7-3-4-9-10(15)8-14-12(9)17/h9-10,13H,2-8H2,1H3,(H,14,17). The first-order chi connectivity index (χ1) is 8.24. The van der Waals surface area contributed by atoms with E-state index >= 15 is 0 Å². The quantitative estimate of drug-likeness (QED) is 0.664. The third kappa shape index (κ3) is 2.60. The largest absolute Gasteiger partial charge is 0.354 e. The molecule has 2 fully saturated rings. The summed E-state index contributed by atoms with van der Waals surface area (Å²) in [6.07, 6.45) is 3.33. The van der Waals surface area contributed by atoms with Crippen LogP contribution in [0.4, 0.5) is 0 Å². The molecule has 0 bridgehead atoms. The summed E-state index contributed by atoms with van der Waals surface area (Å²) in [7, 11) is 1.89. The first-order valence-corrected chi connectivity index (χ1v) is 6.46. The van der Waals surface area contributed by atoms with Gasteiger partial charge in [0.1, 0.15) is 0 Å². The number of carbonyl (C=O) groups excluding carboxylic acids is 2. The van der Waals surface area contributed by atoms with Crippen molar-refractivity contribution >= 4 is 11.8 Å². The summed E-state index contributed by atoms with van der Waals surface area (Å²) in [6, 6.07) is 0.110. The van der Waals surface area contributed by atoms with Gasteiger partial charge in [0.25, 0.3) is 0 Å². The first kappa shape index (κ1) is 12.4. The van der Waals surface area contributed by atoms with Gasteiger partial charge < -0.3 is 15.5 Å². The molecule has 17 heavy (non-hydrogen) atoms. The minimum absolute atomic E-state index is 0.0389. The van der Waals surface area contributed by atoms with Crippen LogP contribution in [-0.2, 0) is 9.59 Å². The summed E-state index contributed by atoms with van der Waals surface area (Å²) in [5.41, 5.74) is 0. The van der Waals surface area contributed by atoms with Gasteiger partial charge in [-0.25, -0.2) is 0 Å². The van der Waals surface area contributed by atoms with E-state index in [2.05, 4.69) is 10.6 Å². The molecular weight excluding hydrogens is 218 g/mol. The Kier molecular flexibility index (Phi) is 3.99.